The molecule has 1 fully saturated rings. The zero-order valence-electron chi connectivity index (χ0n) is 15.2. The van der Waals surface area contributed by atoms with E-state index in [0.29, 0.717) is 18.4 Å². The molecule has 26 heavy (non-hydrogen) atoms. The number of carbonyl (C=O) groups excluding carboxylic acids is 2. The van der Waals surface area contributed by atoms with Gasteiger partial charge in [-0.05, 0) is 44.4 Å². The van der Waals surface area contributed by atoms with Gasteiger partial charge in [-0.25, -0.2) is 9.59 Å². The van der Waals surface area contributed by atoms with E-state index in [1.807, 2.05) is 13.0 Å². The van der Waals surface area contributed by atoms with Crippen LogP contribution in [0.1, 0.15) is 33.1 Å². The lowest BCUT2D eigenvalue weighted by atomic mass is 9.85. The van der Waals surface area contributed by atoms with Crippen LogP contribution in [0.25, 0.3) is 0 Å². The maximum absolute atomic E-state index is 12.3. The van der Waals surface area contributed by atoms with Gasteiger partial charge < -0.3 is 19.7 Å². The van der Waals surface area contributed by atoms with E-state index in [4.69, 9.17) is 14.6 Å². The van der Waals surface area contributed by atoms with Gasteiger partial charge in [-0.1, -0.05) is 18.2 Å². The number of carbonyl (C=O) groups is 2. The minimum atomic E-state index is -0.626. The molecular formula is C20H26O6. The highest BCUT2D eigenvalue weighted by molar-refractivity contribution is 5.92. The fourth-order valence-electron chi connectivity index (χ4n) is 3.23. The van der Waals surface area contributed by atoms with Crippen molar-refractivity contribution in [2.45, 2.75) is 45.3 Å². The summed E-state index contributed by atoms with van der Waals surface area (Å²) in [5, 5.41) is 18.5. The van der Waals surface area contributed by atoms with Crippen LogP contribution in [0.2, 0.25) is 0 Å². The van der Waals surface area contributed by atoms with E-state index >= 15 is 0 Å². The monoisotopic (exact) mass is 362 g/mol. The van der Waals surface area contributed by atoms with Crippen LogP contribution in [0, 0.1) is 5.92 Å². The summed E-state index contributed by atoms with van der Waals surface area (Å²) in [6.45, 7) is 6.95. The van der Waals surface area contributed by atoms with Gasteiger partial charge in [-0.2, -0.15) is 0 Å². The Morgan fingerprint density at radius 2 is 2.19 bits per heavy atom. The standard InChI is InChI=1S/C20H26O6/c1-12-5-4-6-15(11-22)10-17-18(14(3)20(24)26-17)16(9-12)25-19(23)13(2)7-8-21/h5,7,10,16-18,21-22H,3-4,6,8-9,11H2,1-2H3/b12-5+,13-7+,15-10-/t16-,17-,18+/m1/s1. The van der Waals surface area contributed by atoms with Crippen molar-refractivity contribution in [3.63, 3.8) is 0 Å². The number of hydrogen-bond acceptors (Lipinski definition) is 6. The molecule has 1 aliphatic carbocycles. The number of aliphatic hydroxyl groups excluding tert-OH is 2. The van der Waals surface area contributed by atoms with Gasteiger partial charge in [-0.15, -0.1) is 0 Å². The van der Waals surface area contributed by atoms with Crippen LogP contribution < -0.4 is 0 Å². The quantitative estimate of drug-likeness (QED) is 0.451. The molecule has 2 aliphatic rings. The number of fused-ring (bicyclic) bond motifs is 1. The van der Waals surface area contributed by atoms with Gasteiger partial charge in [0, 0.05) is 17.6 Å². The van der Waals surface area contributed by atoms with Crippen molar-refractivity contribution in [2.24, 2.45) is 5.92 Å². The van der Waals surface area contributed by atoms with Crippen LogP contribution in [0.4, 0.5) is 0 Å². The average molecular weight is 362 g/mol. The highest BCUT2D eigenvalue weighted by Crippen LogP contribution is 2.36. The van der Waals surface area contributed by atoms with Crippen molar-refractivity contribution in [3.05, 3.63) is 47.1 Å². The van der Waals surface area contributed by atoms with Gasteiger partial charge in [0.1, 0.15) is 12.2 Å². The summed E-state index contributed by atoms with van der Waals surface area (Å²) in [5.41, 5.74) is 2.36. The Morgan fingerprint density at radius 3 is 2.85 bits per heavy atom. The van der Waals surface area contributed by atoms with E-state index < -0.39 is 30.1 Å². The molecule has 142 valence electrons. The Kier molecular flexibility index (Phi) is 6.94. The smallest absolute Gasteiger partial charge is 0.334 e. The van der Waals surface area contributed by atoms with Crippen molar-refractivity contribution < 1.29 is 29.3 Å². The molecule has 1 heterocycles. The molecule has 1 saturated heterocycles. The second-order valence-corrected chi connectivity index (χ2v) is 6.71. The lowest BCUT2D eigenvalue weighted by Gasteiger charge is -2.27. The van der Waals surface area contributed by atoms with Gasteiger partial charge in [0.25, 0.3) is 0 Å². The van der Waals surface area contributed by atoms with E-state index in [2.05, 4.69) is 6.58 Å². The van der Waals surface area contributed by atoms with Crippen LogP contribution in [0.5, 0.6) is 0 Å². The maximum atomic E-state index is 12.3. The second kappa shape index (κ2) is 8.96. The Morgan fingerprint density at radius 1 is 1.46 bits per heavy atom. The molecule has 2 rings (SSSR count). The number of rotatable bonds is 4. The Balaban J connectivity index is 2.38. The van der Waals surface area contributed by atoms with Crippen molar-refractivity contribution in [1.29, 1.82) is 0 Å². The van der Waals surface area contributed by atoms with Crippen LogP contribution in [-0.2, 0) is 19.1 Å². The molecular weight excluding hydrogens is 336 g/mol. The zero-order chi connectivity index (χ0) is 19.3. The first kappa shape index (κ1) is 20.1. The highest BCUT2D eigenvalue weighted by Gasteiger charge is 2.44. The predicted octanol–water partition coefficient (Wildman–Crippen LogP) is 1.98. The van der Waals surface area contributed by atoms with E-state index in [1.54, 1.807) is 13.0 Å². The van der Waals surface area contributed by atoms with Crippen LogP contribution in [-0.4, -0.2) is 47.6 Å². The third-order valence-electron chi connectivity index (χ3n) is 4.72. The van der Waals surface area contributed by atoms with Crippen LogP contribution in [0.3, 0.4) is 0 Å². The fourth-order valence-corrected chi connectivity index (χ4v) is 3.23. The SMILES string of the molecule is C=C1C(=O)O[C@@H]2/C=C(\CO)CC/C=C(\C)C[C@@H](OC(=O)/C(C)=C/CO)[C@H]12. The van der Waals surface area contributed by atoms with Crippen LogP contribution >= 0.6 is 0 Å². The Bertz CT molecular complexity index is 670. The third-order valence-corrected chi connectivity index (χ3v) is 4.72. The van der Waals surface area contributed by atoms with E-state index in [-0.39, 0.29) is 18.8 Å². The second-order valence-electron chi connectivity index (χ2n) is 6.71. The molecule has 0 radical (unpaired) electrons. The fraction of sp³-hybridized carbons (Fsp3) is 0.500. The zero-order valence-corrected chi connectivity index (χ0v) is 15.2. The van der Waals surface area contributed by atoms with E-state index in [0.717, 1.165) is 17.6 Å². The van der Waals surface area contributed by atoms with Gasteiger partial charge >= 0.3 is 11.9 Å². The first-order valence-corrected chi connectivity index (χ1v) is 8.71. The van der Waals surface area contributed by atoms with Gasteiger partial charge in [0.15, 0.2) is 0 Å². The molecule has 0 aromatic rings. The normalized spacial score (nSPS) is 31.2. The molecule has 0 saturated carbocycles. The average Bonchev–Trinajstić information content (AvgIpc) is 2.87. The summed E-state index contributed by atoms with van der Waals surface area (Å²) in [6.07, 6.45) is 5.78. The number of allylic oxidation sites excluding steroid dienone is 1. The Labute approximate surface area is 153 Å². The molecule has 0 amide bonds. The van der Waals surface area contributed by atoms with Crippen molar-refractivity contribution in [1.82, 2.24) is 0 Å². The largest absolute Gasteiger partial charge is 0.458 e. The minimum Gasteiger partial charge on any atom is -0.458 e. The molecule has 1 aliphatic heterocycles. The number of ether oxygens (including phenoxy) is 2. The number of aliphatic hydroxyl groups is 2. The molecule has 0 aromatic heterocycles. The lowest BCUT2D eigenvalue weighted by Crippen LogP contribution is -2.33. The summed E-state index contributed by atoms with van der Waals surface area (Å²) < 4.78 is 11.1. The maximum Gasteiger partial charge on any atom is 0.334 e. The summed E-state index contributed by atoms with van der Waals surface area (Å²) in [5.74, 6) is -1.58. The molecule has 3 atom stereocenters. The summed E-state index contributed by atoms with van der Waals surface area (Å²) in [4.78, 5) is 24.4. The van der Waals surface area contributed by atoms with Gasteiger partial charge in [0.05, 0.1) is 19.1 Å². The Hall–Kier alpha value is -2.18. The predicted molar refractivity (Wildman–Crippen MR) is 96.0 cm³/mol. The van der Waals surface area contributed by atoms with Gasteiger partial charge in [0.2, 0.25) is 0 Å². The minimum absolute atomic E-state index is 0.122. The van der Waals surface area contributed by atoms with E-state index in [9.17, 15) is 14.7 Å². The number of esters is 2. The number of hydrogen-bond donors (Lipinski definition) is 2. The first-order valence-electron chi connectivity index (χ1n) is 8.71. The topological polar surface area (TPSA) is 93.1 Å². The summed E-state index contributed by atoms with van der Waals surface area (Å²) in [7, 11) is 0. The van der Waals surface area contributed by atoms with Crippen molar-refractivity contribution in [3.8, 4) is 0 Å². The lowest BCUT2D eigenvalue weighted by molar-refractivity contribution is -0.147. The molecule has 6 nitrogen and oxygen atoms in total. The molecule has 6 heteroatoms. The van der Waals surface area contributed by atoms with Gasteiger partial charge in [-0.3, -0.25) is 0 Å². The molecule has 0 unspecified atom stereocenters. The van der Waals surface area contributed by atoms with Crippen LogP contribution in [0.15, 0.2) is 47.1 Å². The molecule has 0 bridgehead atoms. The first-order chi connectivity index (χ1) is 12.4. The van der Waals surface area contributed by atoms with E-state index in [1.165, 1.54) is 6.08 Å². The molecule has 2 N–H and O–H groups in total. The van der Waals surface area contributed by atoms with Crippen molar-refractivity contribution in [2.75, 3.05) is 13.2 Å². The molecule has 0 spiro atoms. The highest BCUT2D eigenvalue weighted by atomic mass is 16.6. The van der Waals surface area contributed by atoms with Crippen molar-refractivity contribution >= 4 is 11.9 Å². The third kappa shape index (κ3) is 4.71. The molecule has 0 aromatic carbocycles. The summed E-state index contributed by atoms with van der Waals surface area (Å²) in [6, 6.07) is 0. The summed E-state index contributed by atoms with van der Waals surface area (Å²) >= 11 is 0.